The third-order valence-electron chi connectivity index (χ3n) is 3.64. The van der Waals surface area contributed by atoms with Crippen molar-refractivity contribution in [2.24, 2.45) is 5.73 Å². The second-order valence-corrected chi connectivity index (χ2v) is 5.88. The van der Waals surface area contributed by atoms with E-state index >= 15 is 0 Å². The van der Waals surface area contributed by atoms with Gasteiger partial charge in [-0.1, -0.05) is 43.1 Å². The van der Waals surface area contributed by atoms with Gasteiger partial charge in [-0.05, 0) is 18.6 Å². The zero-order chi connectivity index (χ0) is 20.4. The SMILES string of the molecule is CCCc1c(Cl)c(C(N)=O)c(C(F)(F)F)c([N+](=O)[O-])c1Oc1ccccc1. The summed E-state index contributed by atoms with van der Waals surface area (Å²) in [5.74, 6) is -2.09. The highest BCUT2D eigenvalue weighted by Crippen LogP contribution is 2.50. The number of nitrogens with zero attached hydrogens (tertiary/aromatic N) is 1. The van der Waals surface area contributed by atoms with Crippen LogP contribution >= 0.6 is 11.6 Å². The molecule has 0 aliphatic carbocycles. The van der Waals surface area contributed by atoms with Gasteiger partial charge in [-0.2, -0.15) is 13.2 Å². The highest BCUT2D eigenvalue weighted by atomic mass is 35.5. The first-order valence-corrected chi connectivity index (χ1v) is 8.10. The van der Waals surface area contributed by atoms with Crippen LogP contribution in [0.2, 0.25) is 5.02 Å². The first-order valence-electron chi connectivity index (χ1n) is 7.72. The average Bonchev–Trinajstić information content (AvgIpc) is 2.57. The number of rotatable bonds is 6. The molecule has 0 aliphatic rings. The second kappa shape index (κ2) is 7.83. The molecule has 0 atom stereocenters. The van der Waals surface area contributed by atoms with Gasteiger partial charge in [0.15, 0.2) is 5.56 Å². The lowest BCUT2D eigenvalue weighted by Crippen LogP contribution is -2.22. The van der Waals surface area contributed by atoms with Crippen LogP contribution in [0.25, 0.3) is 0 Å². The lowest BCUT2D eigenvalue weighted by Gasteiger charge is -2.19. The Morgan fingerprint density at radius 1 is 1.30 bits per heavy atom. The average molecular weight is 403 g/mol. The predicted molar refractivity (Wildman–Crippen MR) is 92.1 cm³/mol. The molecule has 0 spiro atoms. The number of nitro groups is 1. The van der Waals surface area contributed by atoms with Crippen LogP contribution in [-0.4, -0.2) is 10.8 Å². The molecule has 0 aromatic heterocycles. The van der Waals surface area contributed by atoms with E-state index in [9.17, 15) is 28.1 Å². The number of ether oxygens (including phenoxy) is 1. The molecular formula is C17H14ClF3N2O4. The second-order valence-electron chi connectivity index (χ2n) is 5.50. The Labute approximate surface area is 156 Å². The summed E-state index contributed by atoms with van der Waals surface area (Å²) in [5, 5.41) is 10.9. The number of nitro benzene ring substituents is 1. The molecule has 0 radical (unpaired) electrons. The fourth-order valence-corrected chi connectivity index (χ4v) is 2.97. The van der Waals surface area contributed by atoms with Crippen molar-refractivity contribution in [1.82, 2.24) is 0 Å². The van der Waals surface area contributed by atoms with Crippen molar-refractivity contribution in [2.75, 3.05) is 0 Å². The number of halogens is 4. The van der Waals surface area contributed by atoms with Gasteiger partial charge in [-0.25, -0.2) is 0 Å². The number of alkyl halides is 3. The van der Waals surface area contributed by atoms with E-state index < -0.39 is 44.6 Å². The third-order valence-corrected chi connectivity index (χ3v) is 4.05. The van der Waals surface area contributed by atoms with E-state index in [1.807, 2.05) is 0 Å². The van der Waals surface area contributed by atoms with Gasteiger partial charge in [0.25, 0.3) is 5.91 Å². The number of hydrogen-bond donors (Lipinski definition) is 1. The topological polar surface area (TPSA) is 95.5 Å². The highest BCUT2D eigenvalue weighted by Gasteiger charge is 2.47. The van der Waals surface area contributed by atoms with Crippen molar-refractivity contribution >= 4 is 23.2 Å². The summed E-state index contributed by atoms with van der Waals surface area (Å²) in [4.78, 5) is 22.0. The molecule has 0 unspecified atom stereocenters. The Kier molecular flexibility index (Phi) is 5.94. The molecule has 2 aromatic rings. The number of carbonyl (C=O) groups is 1. The van der Waals surface area contributed by atoms with Crippen LogP contribution in [0.15, 0.2) is 30.3 Å². The first kappa shape index (κ1) is 20.5. The molecule has 0 saturated carbocycles. The molecule has 0 saturated heterocycles. The highest BCUT2D eigenvalue weighted by molar-refractivity contribution is 6.35. The zero-order valence-electron chi connectivity index (χ0n) is 14.0. The molecule has 0 aliphatic heterocycles. The lowest BCUT2D eigenvalue weighted by molar-refractivity contribution is -0.388. The monoisotopic (exact) mass is 402 g/mol. The van der Waals surface area contributed by atoms with Gasteiger partial charge in [0, 0.05) is 5.56 Å². The van der Waals surface area contributed by atoms with Crippen molar-refractivity contribution in [3.05, 3.63) is 62.2 Å². The van der Waals surface area contributed by atoms with Crippen LogP contribution in [0.4, 0.5) is 18.9 Å². The molecule has 6 nitrogen and oxygen atoms in total. The van der Waals surface area contributed by atoms with E-state index in [0.717, 1.165) is 0 Å². The van der Waals surface area contributed by atoms with Crippen molar-refractivity contribution in [3.63, 3.8) is 0 Å². The summed E-state index contributed by atoms with van der Waals surface area (Å²) in [6, 6.07) is 7.57. The van der Waals surface area contributed by atoms with Gasteiger partial charge < -0.3 is 10.5 Å². The van der Waals surface area contributed by atoms with Crippen LogP contribution in [0.5, 0.6) is 11.5 Å². The Morgan fingerprint density at radius 2 is 1.89 bits per heavy atom. The van der Waals surface area contributed by atoms with E-state index in [2.05, 4.69) is 0 Å². The predicted octanol–water partition coefficient (Wildman–Crippen LogP) is 5.11. The molecule has 144 valence electrons. The summed E-state index contributed by atoms with van der Waals surface area (Å²) in [6.07, 6.45) is -4.83. The summed E-state index contributed by atoms with van der Waals surface area (Å²) < 4.78 is 46.3. The fraction of sp³-hybridized carbons (Fsp3) is 0.235. The number of nitrogens with two attached hydrogens (primary N) is 1. The molecule has 0 fully saturated rings. The maximum absolute atomic E-state index is 13.6. The summed E-state index contributed by atoms with van der Waals surface area (Å²) in [6.45, 7) is 1.69. The number of carbonyl (C=O) groups excluding carboxylic acids is 1. The van der Waals surface area contributed by atoms with Crippen molar-refractivity contribution < 1.29 is 27.6 Å². The van der Waals surface area contributed by atoms with Gasteiger partial charge in [-0.15, -0.1) is 0 Å². The van der Waals surface area contributed by atoms with Crippen LogP contribution in [0.3, 0.4) is 0 Å². The molecule has 1 amide bonds. The molecule has 27 heavy (non-hydrogen) atoms. The number of para-hydroxylation sites is 1. The zero-order valence-corrected chi connectivity index (χ0v) is 14.7. The van der Waals surface area contributed by atoms with Gasteiger partial charge in [0.1, 0.15) is 5.75 Å². The van der Waals surface area contributed by atoms with Crippen molar-refractivity contribution in [2.45, 2.75) is 25.9 Å². The summed E-state index contributed by atoms with van der Waals surface area (Å²) in [5.41, 5.74) is 0.618. The van der Waals surface area contributed by atoms with E-state index in [-0.39, 0.29) is 17.7 Å². The molecular weight excluding hydrogens is 389 g/mol. The van der Waals surface area contributed by atoms with Crippen LogP contribution < -0.4 is 10.5 Å². The quantitative estimate of drug-likeness (QED) is 0.536. The van der Waals surface area contributed by atoms with E-state index in [1.54, 1.807) is 25.1 Å². The van der Waals surface area contributed by atoms with Gasteiger partial charge in [-0.3, -0.25) is 14.9 Å². The number of hydrogen-bond acceptors (Lipinski definition) is 4. The largest absolute Gasteiger partial charge is 0.450 e. The maximum atomic E-state index is 13.6. The number of amides is 1. The minimum Gasteiger partial charge on any atom is -0.450 e. The van der Waals surface area contributed by atoms with Gasteiger partial charge in [0.2, 0.25) is 5.75 Å². The Bertz CT molecular complexity index is 886. The maximum Gasteiger partial charge on any atom is 0.423 e. The van der Waals surface area contributed by atoms with Crippen LogP contribution in [0, 0.1) is 10.1 Å². The number of primary amides is 1. The van der Waals surface area contributed by atoms with E-state index in [0.29, 0.717) is 6.42 Å². The van der Waals surface area contributed by atoms with Crippen LogP contribution in [0.1, 0.15) is 34.8 Å². The number of benzene rings is 2. The third kappa shape index (κ3) is 4.13. The van der Waals surface area contributed by atoms with Crippen molar-refractivity contribution in [1.29, 1.82) is 0 Å². The Balaban J connectivity index is 2.96. The molecule has 2 rings (SSSR count). The van der Waals surface area contributed by atoms with Crippen molar-refractivity contribution in [3.8, 4) is 11.5 Å². The Morgan fingerprint density at radius 3 is 2.33 bits per heavy atom. The molecule has 10 heteroatoms. The minimum atomic E-state index is -5.25. The molecule has 0 heterocycles. The van der Waals surface area contributed by atoms with Gasteiger partial charge in [0.05, 0.1) is 15.5 Å². The first-order chi connectivity index (χ1) is 12.6. The van der Waals surface area contributed by atoms with E-state index in [4.69, 9.17) is 22.1 Å². The standard InChI is InChI=1S/C17H14ClF3N2O4/c1-2-6-10-13(18)11(16(22)24)12(17(19,20)21)14(23(25)26)15(10)27-9-7-4-3-5-8-9/h3-5,7-8H,2,6H2,1H3,(H2,22,24). The molecule has 2 aromatic carbocycles. The van der Waals surface area contributed by atoms with E-state index in [1.165, 1.54) is 12.1 Å². The Hall–Kier alpha value is -2.81. The van der Waals surface area contributed by atoms with Crippen LogP contribution in [-0.2, 0) is 12.6 Å². The smallest absolute Gasteiger partial charge is 0.423 e. The van der Waals surface area contributed by atoms with Gasteiger partial charge >= 0.3 is 11.9 Å². The minimum absolute atomic E-state index is 0.0419. The normalized spacial score (nSPS) is 11.3. The summed E-state index contributed by atoms with van der Waals surface area (Å²) >= 11 is 6.04. The molecule has 0 bridgehead atoms. The lowest BCUT2D eigenvalue weighted by atomic mass is 9.96. The fourth-order valence-electron chi connectivity index (χ4n) is 2.61. The summed E-state index contributed by atoms with van der Waals surface area (Å²) in [7, 11) is 0. The molecule has 2 N–H and O–H groups in total.